The summed E-state index contributed by atoms with van der Waals surface area (Å²) in [7, 11) is 0. The van der Waals surface area contributed by atoms with E-state index in [0.29, 0.717) is 6.42 Å². The van der Waals surface area contributed by atoms with Crippen LogP contribution in [0.4, 0.5) is 4.39 Å². The van der Waals surface area contributed by atoms with Crippen molar-refractivity contribution in [3.63, 3.8) is 0 Å². The molecule has 0 amide bonds. The molecule has 0 aliphatic rings. The van der Waals surface area contributed by atoms with E-state index in [4.69, 9.17) is 6.42 Å². The predicted octanol–water partition coefficient (Wildman–Crippen LogP) is 3.26. The van der Waals surface area contributed by atoms with Crippen molar-refractivity contribution in [3.05, 3.63) is 34.1 Å². The summed E-state index contributed by atoms with van der Waals surface area (Å²) in [6, 6.07) is 4.73. The first kappa shape index (κ1) is 12.2. The lowest BCUT2D eigenvalue weighted by molar-refractivity contribution is 0.560. The Bertz CT molecular complexity index is 370. The highest BCUT2D eigenvalue weighted by atomic mass is 79.9. The third kappa shape index (κ3) is 3.33. The molecule has 3 heteroatoms. The molecule has 15 heavy (non-hydrogen) atoms. The average molecular weight is 270 g/mol. The Balaban J connectivity index is 2.95. The van der Waals surface area contributed by atoms with Crippen LogP contribution in [0.3, 0.4) is 0 Å². The van der Waals surface area contributed by atoms with Crippen molar-refractivity contribution in [1.29, 1.82) is 0 Å². The molecule has 0 fully saturated rings. The Morgan fingerprint density at radius 3 is 2.87 bits per heavy atom. The maximum atomic E-state index is 12.9. The summed E-state index contributed by atoms with van der Waals surface area (Å²) in [5.41, 5.74) is 0.996. The molecule has 1 nitrogen and oxygen atoms in total. The van der Waals surface area contributed by atoms with Crippen LogP contribution in [0, 0.1) is 18.2 Å². The highest BCUT2D eigenvalue weighted by Crippen LogP contribution is 2.26. The molecule has 0 aliphatic carbocycles. The van der Waals surface area contributed by atoms with Gasteiger partial charge in [0.05, 0.1) is 0 Å². The Morgan fingerprint density at radius 2 is 2.33 bits per heavy atom. The topological polar surface area (TPSA) is 12.0 Å². The SMILES string of the molecule is C#CCC(NCC)c1ccc(F)cc1Br. The van der Waals surface area contributed by atoms with E-state index in [1.807, 2.05) is 6.92 Å². The van der Waals surface area contributed by atoms with Crippen LogP contribution in [-0.2, 0) is 0 Å². The fraction of sp³-hybridized carbons (Fsp3) is 0.333. The zero-order valence-corrected chi connectivity index (χ0v) is 10.1. The van der Waals surface area contributed by atoms with Crippen molar-refractivity contribution in [1.82, 2.24) is 5.32 Å². The highest BCUT2D eigenvalue weighted by molar-refractivity contribution is 9.10. The molecule has 0 spiro atoms. The largest absolute Gasteiger partial charge is 0.309 e. The smallest absolute Gasteiger partial charge is 0.124 e. The van der Waals surface area contributed by atoms with E-state index in [-0.39, 0.29) is 11.9 Å². The van der Waals surface area contributed by atoms with Gasteiger partial charge in [-0.1, -0.05) is 28.9 Å². The summed E-state index contributed by atoms with van der Waals surface area (Å²) < 4.78 is 13.6. The zero-order chi connectivity index (χ0) is 11.3. The molecular weight excluding hydrogens is 257 g/mol. The van der Waals surface area contributed by atoms with Crippen LogP contribution in [0.25, 0.3) is 0 Å². The average Bonchev–Trinajstić information content (AvgIpc) is 2.17. The van der Waals surface area contributed by atoms with Gasteiger partial charge in [-0.15, -0.1) is 12.3 Å². The van der Waals surface area contributed by atoms with E-state index >= 15 is 0 Å². The van der Waals surface area contributed by atoms with Crippen LogP contribution < -0.4 is 5.32 Å². The molecule has 1 atom stereocenters. The van der Waals surface area contributed by atoms with Crippen LogP contribution >= 0.6 is 15.9 Å². The second kappa shape index (κ2) is 5.89. The summed E-state index contributed by atoms with van der Waals surface area (Å²) in [6.45, 7) is 2.84. The summed E-state index contributed by atoms with van der Waals surface area (Å²) in [4.78, 5) is 0. The summed E-state index contributed by atoms with van der Waals surface area (Å²) in [6.07, 6.45) is 5.89. The molecule has 0 bridgehead atoms. The fourth-order valence-electron chi connectivity index (χ4n) is 1.44. The van der Waals surface area contributed by atoms with Gasteiger partial charge in [0, 0.05) is 16.9 Å². The van der Waals surface area contributed by atoms with Gasteiger partial charge in [-0.05, 0) is 24.2 Å². The van der Waals surface area contributed by atoms with Crippen molar-refractivity contribution < 1.29 is 4.39 Å². The zero-order valence-electron chi connectivity index (χ0n) is 8.56. The van der Waals surface area contributed by atoms with Crippen molar-refractivity contribution in [3.8, 4) is 12.3 Å². The van der Waals surface area contributed by atoms with E-state index in [1.165, 1.54) is 12.1 Å². The predicted molar refractivity (Wildman–Crippen MR) is 64.0 cm³/mol. The molecule has 0 aromatic heterocycles. The third-order valence-electron chi connectivity index (χ3n) is 2.11. The Kier molecular flexibility index (Phi) is 4.80. The lowest BCUT2D eigenvalue weighted by Gasteiger charge is -2.17. The van der Waals surface area contributed by atoms with Gasteiger partial charge in [0.1, 0.15) is 5.82 Å². The maximum Gasteiger partial charge on any atom is 0.124 e. The quantitative estimate of drug-likeness (QED) is 0.828. The first-order valence-corrected chi connectivity index (χ1v) is 5.60. The lowest BCUT2D eigenvalue weighted by Crippen LogP contribution is -2.20. The van der Waals surface area contributed by atoms with Crippen LogP contribution in [0.1, 0.15) is 24.9 Å². The van der Waals surface area contributed by atoms with E-state index in [9.17, 15) is 4.39 Å². The molecule has 1 aromatic rings. The van der Waals surface area contributed by atoms with Gasteiger partial charge in [0.2, 0.25) is 0 Å². The Hall–Kier alpha value is -0.850. The van der Waals surface area contributed by atoms with E-state index < -0.39 is 0 Å². The fourth-order valence-corrected chi connectivity index (χ4v) is 2.07. The van der Waals surface area contributed by atoms with Crippen molar-refractivity contribution in [2.24, 2.45) is 0 Å². The number of rotatable bonds is 4. The van der Waals surface area contributed by atoms with Gasteiger partial charge in [0.15, 0.2) is 0 Å². The number of benzene rings is 1. The molecule has 1 aromatic carbocycles. The minimum absolute atomic E-state index is 0.0787. The molecular formula is C12H13BrFN. The van der Waals surface area contributed by atoms with Crippen LogP contribution in [-0.4, -0.2) is 6.54 Å². The molecule has 1 rings (SSSR count). The first-order valence-electron chi connectivity index (χ1n) is 4.80. The summed E-state index contributed by atoms with van der Waals surface area (Å²) in [5.74, 6) is 2.37. The molecule has 0 aliphatic heterocycles. The molecule has 1 N–H and O–H groups in total. The van der Waals surface area contributed by atoms with Crippen LogP contribution in [0.5, 0.6) is 0 Å². The van der Waals surface area contributed by atoms with E-state index in [1.54, 1.807) is 6.07 Å². The standard InChI is InChI=1S/C12H13BrFN/c1-3-5-12(15-4-2)10-7-6-9(14)8-11(10)13/h1,6-8,12,15H,4-5H2,2H3. The molecule has 1 unspecified atom stereocenters. The Labute approximate surface area is 98.2 Å². The minimum Gasteiger partial charge on any atom is -0.309 e. The molecule has 0 radical (unpaired) electrons. The second-order valence-corrected chi connectivity index (χ2v) is 4.04. The van der Waals surface area contributed by atoms with Crippen LogP contribution in [0.2, 0.25) is 0 Å². The van der Waals surface area contributed by atoms with Gasteiger partial charge >= 0.3 is 0 Å². The Morgan fingerprint density at radius 1 is 1.60 bits per heavy atom. The number of hydrogen-bond acceptors (Lipinski definition) is 1. The van der Waals surface area contributed by atoms with Gasteiger partial charge in [-0.25, -0.2) is 4.39 Å². The van der Waals surface area contributed by atoms with Crippen molar-refractivity contribution in [2.75, 3.05) is 6.54 Å². The summed E-state index contributed by atoms with van der Waals surface area (Å²) in [5, 5.41) is 3.27. The highest BCUT2D eigenvalue weighted by Gasteiger charge is 2.12. The number of nitrogens with one attached hydrogen (secondary N) is 1. The maximum absolute atomic E-state index is 12.9. The molecule has 0 saturated carbocycles. The first-order chi connectivity index (χ1) is 7.19. The summed E-state index contributed by atoms with van der Waals surface area (Å²) >= 11 is 3.34. The van der Waals surface area contributed by atoms with Crippen molar-refractivity contribution in [2.45, 2.75) is 19.4 Å². The molecule has 0 heterocycles. The van der Waals surface area contributed by atoms with Gasteiger partial charge in [0.25, 0.3) is 0 Å². The normalized spacial score (nSPS) is 12.1. The minimum atomic E-state index is -0.249. The van der Waals surface area contributed by atoms with Gasteiger partial charge in [-0.2, -0.15) is 0 Å². The van der Waals surface area contributed by atoms with Gasteiger partial charge < -0.3 is 5.32 Å². The van der Waals surface area contributed by atoms with Gasteiger partial charge in [-0.3, -0.25) is 0 Å². The third-order valence-corrected chi connectivity index (χ3v) is 2.80. The van der Waals surface area contributed by atoms with Crippen LogP contribution in [0.15, 0.2) is 22.7 Å². The molecule has 80 valence electrons. The second-order valence-electron chi connectivity index (χ2n) is 3.18. The van der Waals surface area contributed by atoms with E-state index in [0.717, 1.165) is 16.6 Å². The molecule has 0 saturated heterocycles. The number of hydrogen-bond donors (Lipinski definition) is 1. The van der Waals surface area contributed by atoms with Crippen molar-refractivity contribution >= 4 is 15.9 Å². The number of halogens is 2. The monoisotopic (exact) mass is 269 g/mol. The number of terminal acetylenes is 1. The lowest BCUT2D eigenvalue weighted by atomic mass is 10.0. The van der Waals surface area contributed by atoms with E-state index in [2.05, 4.69) is 27.2 Å².